The van der Waals surface area contributed by atoms with Gasteiger partial charge < -0.3 is 5.73 Å². The average molecular weight is 265 g/mol. The Morgan fingerprint density at radius 1 is 1.33 bits per heavy atom. The van der Waals surface area contributed by atoms with Crippen LogP contribution < -0.4 is 5.73 Å². The molecular weight excluding hydrogens is 252 g/mol. The monoisotopic (exact) mass is 264 g/mol. The number of hydrogen-bond acceptors (Lipinski definition) is 2. The molecule has 2 N–H and O–H groups in total. The molecule has 0 amide bonds. The number of aromatic nitrogens is 1. The number of halogens is 1. The molecule has 1 aromatic heterocycles. The van der Waals surface area contributed by atoms with Crippen LogP contribution in [0.15, 0.2) is 28.7 Å². The van der Waals surface area contributed by atoms with Crippen molar-refractivity contribution in [3.05, 3.63) is 34.4 Å². The van der Waals surface area contributed by atoms with Gasteiger partial charge >= 0.3 is 0 Å². The summed E-state index contributed by atoms with van der Waals surface area (Å²) < 4.78 is 1.03. The third kappa shape index (κ3) is 2.12. The van der Waals surface area contributed by atoms with E-state index in [0.717, 1.165) is 39.6 Å². The molecule has 0 saturated carbocycles. The first-order chi connectivity index (χ1) is 7.20. The van der Waals surface area contributed by atoms with Gasteiger partial charge in [-0.1, -0.05) is 29.3 Å². The quantitative estimate of drug-likeness (QED) is 0.902. The van der Waals surface area contributed by atoms with Crippen molar-refractivity contribution in [2.45, 2.75) is 19.8 Å². The topological polar surface area (TPSA) is 38.9 Å². The van der Waals surface area contributed by atoms with Crippen molar-refractivity contribution in [2.24, 2.45) is 0 Å². The van der Waals surface area contributed by atoms with Crippen molar-refractivity contribution < 1.29 is 0 Å². The minimum Gasteiger partial charge on any atom is -0.398 e. The first kappa shape index (κ1) is 10.4. The maximum atomic E-state index is 6.00. The van der Waals surface area contributed by atoms with E-state index < -0.39 is 0 Å². The van der Waals surface area contributed by atoms with Crippen LogP contribution in [0.5, 0.6) is 0 Å². The molecule has 0 saturated heterocycles. The molecule has 1 heterocycles. The van der Waals surface area contributed by atoms with Crippen LogP contribution in [0.1, 0.15) is 19.0 Å². The molecule has 2 rings (SSSR count). The Morgan fingerprint density at radius 3 is 2.87 bits per heavy atom. The first-order valence-electron chi connectivity index (χ1n) is 5.05. The molecule has 78 valence electrons. The lowest BCUT2D eigenvalue weighted by Gasteiger charge is -2.05. The third-order valence-corrected chi connectivity index (χ3v) is 2.86. The number of aryl methyl sites for hydroxylation is 1. The summed E-state index contributed by atoms with van der Waals surface area (Å²) in [6.45, 7) is 2.14. The smallest absolute Gasteiger partial charge is 0.0726 e. The second-order valence-corrected chi connectivity index (χ2v) is 4.53. The molecule has 3 heteroatoms. The van der Waals surface area contributed by atoms with E-state index >= 15 is 0 Å². The van der Waals surface area contributed by atoms with Gasteiger partial charge in [-0.15, -0.1) is 0 Å². The summed E-state index contributed by atoms with van der Waals surface area (Å²) in [6.07, 6.45) is 2.07. The fourth-order valence-electron chi connectivity index (χ4n) is 1.67. The Morgan fingerprint density at radius 2 is 2.13 bits per heavy atom. The Kier molecular flexibility index (Phi) is 2.91. The molecule has 0 atom stereocenters. The van der Waals surface area contributed by atoms with E-state index in [0.29, 0.717) is 0 Å². The van der Waals surface area contributed by atoms with Crippen LogP contribution in [-0.2, 0) is 6.42 Å². The lowest BCUT2D eigenvalue weighted by Crippen LogP contribution is -1.95. The normalized spacial score (nSPS) is 10.8. The Hall–Kier alpha value is -1.09. The molecule has 0 aliphatic rings. The highest BCUT2D eigenvalue weighted by Gasteiger charge is 2.03. The largest absolute Gasteiger partial charge is 0.398 e. The van der Waals surface area contributed by atoms with Gasteiger partial charge in [0, 0.05) is 21.2 Å². The molecule has 0 bridgehead atoms. The number of anilines is 1. The van der Waals surface area contributed by atoms with Crippen molar-refractivity contribution >= 4 is 32.5 Å². The number of rotatable bonds is 2. The Labute approximate surface area is 97.6 Å². The van der Waals surface area contributed by atoms with E-state index in [1.807, 2.05) is 24.3 Å². The highest BCUT2D eigenvalue weighted by atomic mass is 79.9. The summed E-state index contributed by atoms with van der Waals surface area (Å²) in [7, 11) is 0. The molecule has 0 aliphatic carbocycles. The van der Waals surface area contributed by atoms with E-state index in [9.17, 15) is 0 Å². The number of nitrogens with two attached hydrogens (primary N) is 1. The summed E-state index contributed by atoms with van der Waals surface area (Å²) in [5.74, 6) is 0. The van der Waals surface area contributed by atoms with Gasteiger partial charge in [0.15, 0.2) is 0 Å². The SMILES string of the molecule is CCCc1cc(N)c2cc(Br)ccc2n1. The molecular formula is C12H13BrN2. The van der Waals surface area contributed by atoms with E-state index in [2.05, 4.69) is 27.8 Å². The summed E-state index contributed by atoms with van der Waals surface area (Å²) >= 11 is 3.43. The van der Waals surface area contributed by atoms with Crippen molar-refractivity contribution in [1.29, 1.82) is 0 Å². The van der Waals surface area contributed by atoms with Gasteiger partial charge in [-0.05, 0) is 30.7 Å². The standard InChI is InChI=1S/C12H13BrN2/c1-2-3-9-7-11(14)10-6-8(13)4-5-12(10)15-9/h4-7H,2-3H2,1H3,(H2,14,15). The molecule has 15 heavy (non-hydrogen) atoms. The van der Waals surface area contributed by atoms with Gasteiger partial charge in [0.05, 0.1) is 5.52 Å². The van der Waals surface area contributed by atoms with Crippen LogP contribution >= 0.6 is 15.9 Å². The number of benzene rings is 1. The number of nitrogens with zero attached hydrogens (tertiary/aromatic N) is 1. The average Bonchev–Trinajstić information content (AvgIpc) is 2.20. The summed E-state index contributed by atoms with van der Waals surface area (Å²) in [4.78, 5) is 4.57. The molecule has 2 aromatic rings. The van der Waals surface area contributed by atoms with Crippen LogP contribution in [0.2, 0.25) is 0 Å². The molecule has 0 radical (unpaired) electrons. The lowest BCUT2D eigenvalue weighted by atomic mass is 10.1. The zero-order chi connectivity index (χ0) is 10.8. The number of pyridine rings is 1. The minimum atomic E-state index is 0.810. The van der Waals surface area contributed by atoms with Gasteiger partial charge in [-0.2, -0.15) is 0 Å². The van der Waals surface area contributed by atoms with Crippen LogP contribution in [0.4, 0.5) is 5.69 Å². The maximum Gasteiger partial charge on any atom is 0.0726 e. The molecule has 1 aromatic carbocycles. The fraction of sp³-hybridized carbons (Fsp3) is 0.250. The van der Waals surface area contributed by atoms with Crippen LogP contribution in [0, 0.1) is 0 Å². The van der Waals surface area contributed by atoms with Gasteiger partial charge in [0.25, 0.3) is 0 Å². The van der Waals surface area contributed by atoms with Gasteiger partial charge in [-0.25, -0.2) is 0 Å². The molecule has 0 aliphatic heterocycles. The highest BCUT2D eigenvalue weighted by Crippen LogP contribution is 2.24. The van der Waals surface area contributed by atoms with Crippen LogP contribution in [-0.4, -0.2) is 4.98 Å². The summed E-state index contributed by atoms with van der Waals surface area (Å²) in [6, 6.07) is 7.96. The van der Waals surface area contributed by atoms with Crippen molar-refractivity contribution in [2.75, 3.05) is 5.73 Å². The second-order valence-electron chi connectivity index (χ2n) is 3.61. The number of nitrogen functional groups attached to an aromatic ring is 1. The predicted octanol–water partition coefficient (Wildman–Crippen LogP) is 3.53. The lowest BCUT2D eigenvalue weighted by molar-refractivity contribution is 0.890. The first-order valence-corrected chi connectivity index (χ1v) is 5.84. The Bertz CT molecular complexity index is 494. The zero-order valence-electron chi connectivity index (χ0n) is 8.63. The summed E-state index contributed by atoms with van der Waals surface area (Å²) in [5, 5.41) is 1.02. The minimum absolute atomic E-state index is 0.810. The maximum absolute atomic E-state index is 6.00. The van der Waals surface area contributed by atoms with Gasteiger partial charge in [0.2, 0.25) is 0 Å². The van der Waals surface area contributed by atoms with Crippen LogP contribution in [0.3, 0.4) is 0 Å². The zero-order valence-corrected chi connectivity index (χ0v) is 10.2. The van der Waals surface area contributed by atoms with Crippen molar-refractivity contribution in [1.82, 2.24) is 4.98 Å². The van der Waals surface area contributed by atoms with Crippen molar-refractivity contribution in [3.8, 4) is 0 Å². The molecule has 0 spiro atoms. The second kappa shape index (κ2) is 4.19. The molecule has 2 nitrogen and oxygen atoms in total. The fourth-order valence-corrected chi connectivity index (χ4v) is 2.03. The van der Waals surface area contributed by atoms with Gasteiger partial charge in [0.1, 0.15) is 0 Å². The van der Waals surface area contributed by atoms with E-state index in [1.54, 1.807) is 0 Å². The molecule has 0 unspecified atom stereocenters. The predicted molar refractivity (Wildman–Crippen MR) is 67.9 cm³/mol. The highest BCUT2D eigenvalue weighted by molar-refractivity contribution is 9.10. The number of hydrogen-bond donors (Lipinski definition) is 1. The van der Waals surface area contributed by atoms with E-state index in [1.165, 1.54) is 0 Å². The Balaban J connectivity index is 2.62. The van der Waals surface area contributed by atoms with E-state index in [4.69, 9.17) is 5.73 Å². The van der Waals surface area contributed by atoms with E-state index in [-0.39, 0.29) is 0 Å². The number of fused-ring (bicyclic) bond motifs is 1. The molecule has 0 fully saturated rings. The van der Waals surface area contributed by atoms with Crippen LogP contribution in [0.25, 0.3) is 10.9 Å². The third-order valence-electron chi connectivity index (χ3n) is 2.36. The summed E-state index contributed by atoms with van der Waals surface area (Å²) in [5.41, 5.74) is 8.85. The van der Waals surface area contributed by atoms with Crippen molar-refractivity contribution in [3.63, 3.8) is 0 Å². The van der Waals surface area contributed by atoms with Gasteiger partial charge in [-0.3, -0.25) is 4.98 Å².